The third-order valence-corrected chi connectivity index (χ3v) is 3.98. The second kappa shape index (κ2) is 10.1. The van der Waals surface area contributed by atoms with Gasteiger partial charge in [0.2, 0.25) is 0 Å². The van der Waals surface area contributed by atoms with E-state index in [1.165, 1.54) is 31.9 Å². The molecule has 0 saturated carbocycles. The summed E-state index contributed by atoms with van der Waals surface area (Å²) in [6.07, 6.45) is 8.13. The van der Waals surface area contributed by atoms with Crippen molar-refractivity contribution in [3.63, 3.8) is 0 Å². The monoisotopic (exact) mass is 383 g/mol. The minimum absolute atomic E-state index is 0. The van der Waals surface area contributed by atoms with E-state index < -0.39 is 0 Å². The summed E-state index contributed by atoms with van der Waals surface area (Å²) in [5.41, 5.74) is 6.67. The van der Waals surface area contributed by atoms with Crippen molar-refractivity contribution in [1.82, 2.24) is 9.97 Å². The van der Waals surface area contributed by atoms with Gasteiger partial charge in [-0.25, -0.2) is 9.97 Å². The van der Waals surface area contributed by atoms with E-state index >= 15 is 0 Å². The largest absolute Gasteiger partial charge is 0.384 e. The van der Waals surface area contributed by atoms with E-state index in [1.807, 2.05) is 12.1 Å². The van der Waals surface area contributed by atoms with Crippen LogP contribution >= 0.6 is 24.8 Å². The van der Waals surface area contributed by atoms with E-state index in [2.05, 4.69) is 20.2 Å². The van der Waals surface area contributed by atoms with E-state index in [9.17, 15) is 4.79 Å². The van der Waals surface area contributed by atoms with E-state index in [0.29, 0.717) is 17.1 Å². The molecule has 0 aliphatic carbocycles. The number of nitrogens with two attached hydrogens (primary N) is 1. The van der Waals surface area contributed by atoms with Crippen molar-refractivity contribution in [1.29, 1.82) is 0 Å². The van der Waals surface area contributed by atoms with Crippen LogP contribution < -0.4 is 16.0 Å². The number of halogens is 2. The van der Waals surface area contributed by atoms with Gasteiger partial charge >= 0.3 is 0 Å². The number of rotatable bonds is 3. The van der Waals surface area contributed by atoms with Gasteiger partial charge < -0.3 is 16.0 Å². The average molecular weight is 384 g/mol. The first-order valence-electron chi connectivity index (χ1n) is 7.96. The number of pyridine rings is 2. The van der Waals surface area contributed by atoms with Gasteiger partial charge in [0.05, 0.1) is 17.4 Å². The maximum absolute atomic E-state index is 12.2. The maximum atomic E-state index is 12.2. The number of anilines is 3. The van der Waals surface area contributed by atoms with Crippen LogP contribution in [0, 0.1) is 0 Å². The molecule has 0 bridgehead atoms. The van der Waals surface area contributed by atoms with Crippen LogP contribution in [0.2, 0.25) is 0 Å². The van der Waals surface area contributed by atoms with Crippen LogP contribution in [0.1, 0.15) is 36.0 Å². The highest BCUT2D eigenvalue weighted by Crippen LogP contribution is 2.18. The molecule has 1 saturated heterocycles. The fourth-order valence-corrected chi connectivity index (χ4v) is 2.69. The summed E-state index contributed by atoms with van der Waals surface area (Å²) in [5.74, 6) is 1.16. The Hall–Kier alpha value is -2.05. The predicted molar refractivity (Wildman–Crippen MR) is 106 cm³/mol. The molecule has 0 aromatic carbocycles. The van der Waals surface area contributed by atoms with E-state index in [-0.39, 0.29) is 30.7 Å². The zero-order chi connectivity index (χ0) is 16.1. The number of hydrogen-bond donors (Lipinski definition) is 2. The average Bonchev–Trinajstić information content (AvgIpc) is 2.86. The number of carbonyl (C=O) groups excluding carboxylic acids is 1. The molecule has 1 aliphatic rings. The smallest absolute Gasteiger partial charge is 0.257 e. The lowest BCUT2D eigenvalue weighted by Crippen LogP contribution is -2.25. The van der Waals surface area contributed by atoms with E-state index in [0.717, 1.165) is 18.9 Å². The lowest BCUT2D eigenvalue weighted by Gasteiger charge is -2.21. The first kappa shape index (κ1) is 21.0. The molecule has 3 N–H and O–H groups in total. The molecule has 136 valence electrons. The van der Waals surface area contributed by atoms with E-state index in [1.54, 1.807) is 18.3 Å². The Morgan fingerprint density at radius 2 is 1.68 bits per heavy atom. The molecule has 3 heterocycles. The lowest BCUT2D eigenvalue weighted by molar-refractivity contribution is 0.102. The lowest BCUT2D eigenvalue weighted by atomic mass is 10.2. The molecule has 2 aromatic rings. The Morgan fingerprint density at radius 3 is 2.24 bits per heavy atom. The van der Waals surface area contributed by atoms with Gasteiger partial charge in [-0.2, -0.15) is 0 Å². The summed E-state index contributed by atoms with van der Waals surface area (Å²) in [7, 11) is 0. The molecule has 25 heavy (non-hydrogen) atoms. The van der Waals surface area contributed by atoms with Crippen molar-refractivity contribution in [2.45, 2.75) is 25.7 Å². The van der Waals surface area contributed by atoms with Crippen LogP contribution in [0.5, 0.6) is 0 Å². The van der Waals surface area contributed by atoms with Crippen molar-refractivity contribution in [3.8, 4) is 0 Å². The normalized spacial score (nSPS) is 13.8. The van der Waals surface area contributed by atoms with Gasteiger partial charge in [0.25, 0.3) is 5.91 Å². The number of nitrogen functional groups attached to an aromatic ring is 1. The quantitative estimate of drug-likeness (QED) is 0.846. The van der Waals surface area contributed by atoms with Gasteiger partial charge in [-0.1, -0.05) is 12.8 Å². The summed E-state index contributed by atoms with van der Waals surface area (Å²) in [4.78, 5) is 22.9. The standard InChI is InChI=1S/C17H21N5O.2ClH/c18-15-7-6-14(12-19-15)21-17(23)13-5-8-16(20-11-13)22-9-3-1-2-4-10-22;;/h5-8,11-12H,1-4,9-10H2,(H2,18,19)(H,21,23);2*1H. The molecule has 1 amide bonds. The van der Waals surface area contributed by atoms with Gasteiger partial charge in [0.15, 0.2) is 0 Å². The van der Waals surface area contributed by atoms with Crippen molar-refractivity contribution in [2.24, 2.45) is 0 Å². The minimum atomic E-state index is -0.202. The van der Waals surface area contributed by atoms with Gasteiger partial charge in [-0.05, 0) is 37.1 Å². The second-order valence-electron chi connectivity index (χ2n) is 5.73. The minimum Gasteiger partial charge on any atom is -0.384 e. The number of nitrogens with one attached hydrogen (secondary N) is 1. The molecule has 0 atom stereocenters. The summed E-state index contributed by atoms with van der Waals surface area (Å²) in [6, 6.07) is 7.10. The Bertz CT molecular complexity index is 656. The number of aromatic nitrogens is 2. The number of hydrogen-bond acceptors (Lipinski definition) is 5. The van der Waals surface area contributed by atoms with Crippen LogP contribution in [0.25, 0.3) is 0 Å². The molecule has 0 unspecified atom stereocenters. The predicted octanol–water partition coefficient (Wildman–Crippen LogP) is 3.54. The second-order valence-corrected chi connectivity index (χ2v) is 5.73. The zero-order valence-corrected chi connectivity index (χ0v) is 15.5. The molecule has 8 heteroatoms. The van der Waals surface area contributed by atoms with Crippen LogP contribution in [-0.4, -0.2) is 29.0 Å². The van der Waals surface area contributed by atoms with Crippen molar-refractivity contribution in [2.75, 3.05) is 29.0 Å². The summed E-state index contributed by atoms with van der Waals surface area (Å²) in [6.45, 7) is 2.07. The molecular weight excluding hydrogens is 361 g/mol. The first-order chi connectivity index (χ1) is 11.2. The summed E-state index contributed by atoms with van der Waals surface area (Å²) in [5, 5.41) is 2.78. The van der Waals surface area contributed by atoms with Crippen LogP contribution in [0.3, 0.4) is 0 Å². The third kappa shape index (κ3) is 5.76. The maximum Gasteiger partial charge on any atom is 0.257 e. The summed E-state index contributed by atoms with van der Waals surface area (Å²) >= 11 is 0. The molecule has 6 nitrogen and oxygen atoms in total. The number of amides is 1. The van der Waals surface area contributed by atoms with Crippen LogP contribution in [0.4, 0.5) is 17.3 Å². The van der Waals surface area contributed by atoms with Gasteiger partial charge in [-0.15, -0.1) is 24.8 Å². The molecule has 3 rings (SSSR count). The molecule has 0 radical (unpaired) electrons. The third-order valence-electron chi connectivity index (χ3n) is 3.98. The first-order valence-corrected chi connectivity index (χ1v) is 7.96. The van der Waals surface area contributed by atoms with Gasteiger partial charge in [-0.3, -0.25) is 4.79 Å². The Morgan fingerprint density at radius 1 is 0.960 bits per heavy atom. The Kier molecular flexibility index (Phi) is 8.45. The summed E-state index contributed by atoms with van der Waals surface area (Å²) < 4.78 is 0. The van der Waals surface area contributed by atoms with Crippen LogP contribution in [0.15, 0.2) is 36.7 Å². The van der Waals surface area contributed by atoms with Gasteiger partial charge in [0.1, 0.15) is 11.6 Å². The highest BCUT2D eigenvalue weighted by atomic mass is 35.5. The van der Waals surface area contributed by atoms with Crippen LogP contribution in [-0.2, 0) is 0 Å². The molecule has 1 aliphatic heterocycles. The Balaban J connectivity index is 0.00000156. The number of nitrogens with zero attached hydrogens (tertiary/aromatic N) is 3. The topological polar surface area (TPSA) is 84.1 Å². The fourth-order valence-electron chi connectivity index (χ4n) is 2.69. The van der Waals surface area contributed by atoms with Crippen molar-refractivity contribution >= 4 is 48.0 Å². The number of carbonyl (C=O) groups is 1. The van der Waals surface area contributed by atoms with Crippen molar-refractivity contribution < 1.29 is 4.79 Å². The highest BCUT2D eigenvalue weighted by Gasteiger charge is 2.12. The van der Waals surface area contributed by atoms with Crippen molar-refractivity contribution in [3.05, 3.63) is 42.2 Å². The highest BCUT2D eigenvalue weighted by molar-refractivity contribution is 6.04. The SMILES string of the molecule is Cl.Cl.Nc1ccc(NC(=O)c2ccc(N3CCCCCC3)nc2)cn1. The molecule has 0 spiro atoms. The van der Waals surface area contributed by atoms with Gasteiger partial charge in [0, 0.05) is 19.3 Å². The molecule has 2 aromatic heterocycles. The molecular formula is C17H23Cl2N5O. The molecule has 1 fully saturated rings. The van der Waals surface area contributed by atoms with E-state index in [4.69, 9.17) is 5.73 Å². The fraction of sp³-hybridized carbons (Fsp3) is 0.353. The zero-order valence-electron chi connectivity index (χ0n) is 13.9. The Labute approximate surface area is 160 Å².